The number of aromatic amines is 1. The molecular formula is C36H44N8O8. The number of H-pyrrole nitrogens is 1. The molecule has 16 nitrogen and oxygen atoms in total. The summed E-state index contributed by atoms with van der Waals surface area (Å²) >= 11 is 0. The molecule has 0 saturated heterocycles. The Morgan fingerprint density at radius 3 is 2.31 bits per heavy atom. The van der Waals surface area contributed by atoms with Gasteiger partial charge >= 0.3 is 5.97 Å². The lowest BCUT2D eigenvalue weighted by Crippen LogP contribution is -2.41. The minimum atomic E-state index is -1.29. The second-order valence-electron chi connectivity index (χ2n) is 13.3. The van der Waals surface area contributed by atoms with Gasteiger partial charge in [-0.2, -0.15) is 4.98 Å². The molecule has 276 valence electrons. The van der Waals surface area contributed by atoms with Crippen LogP contribution in [0.2, 0.25) is 0 Å². The summed E-state index contributed by atoms with van der Waals surface area (Å²) in [5.74, 6) is -2.44. The van der Waals surface area contributed by atoms with Crippen molar-refractivity contribution in [3.05, 3.63) is 88.0 Å². The third-order valence-electron chi connectivity index (χ3n) is 7.95. The first-order chi connectivity index (χ1) is 24.6. The predicted octanol–water partition coefficient (Wildman–Crippen LogP) is 2.85. The fraction of sp³-hybridized carbons (Fsp3) is 0.389. The maximum Gasteiger partial charge on any atom is 0.326 e. The van der Waals surface area contributed by atoms with Gasteiger partial charge in [-0.25, -0.2) is 14.8 Å². The maximum atomic E-state index is 12.8. The number of amides is 2. The first kappa shape index (κ1) is 39.1. The van der Waals surface area contributed by atoms with Crippen LogP contribution in [0.4, 0.5) is 11.6 Å². The van der Waals surface area contributed by atoms with Gasteiger partial charge in [0.15, 0.2) is 16.9 Å². The van der Waals surface area contributed by atoms with Crippen LogP contribution in [0.1, 0.15) is 73.4 Å². The Hall–Kier alpha value is -5.74. The van der Waals surface area contributed by atoms with Crippen molar-refractivity contribution < 1.29 is 33.8 Å². The van der Waals surface area contributed by atoms with Gasteiger partial charge in [-0.15, -0.1) is 0 Å². The van der Waals surface area contributed by atoms with Crippen molar-refractivity contribution in [3.63, 3.8) is 0 Å². The van der Waals surface area contributed by atoms with E-state index in [1.807, 2.05) is 33.8 Å². The Balaban J connectivity index is 1.17. The molecule has 0 saturated carbocycles. The highest BCUT2D eigenvalue weighted by Gasteiger charge is 2.26. The molecule has 52 heavy (non-hydrogen) atoms. The lowest BCUT2D eigenvalue weighted by atomic mass is 10.0. The van der Waals surface area contributed by atoms with E-state index in [2.05, 4.69) is 35.9 Å². The first-order valence-electron chi connectivity index (χ1n) is 16.6. The third-order valence-corrected chi connectivity index (χ3v) is 7.95. The summed E-state index contributed by atoms with van der Waals surface area (Å²) in [7, 11) is 0. The van der Waals surface area contributed by atoms with E-state index in [4.69, 9.17) is 15.2 Å². The zero-order valence-electron chi connectivity index (χ0n) is 29.5. The van der Waals surface area contributed by atoms with Gasteiger partial charge < -0.3 is 36.3 Å². The lowest BCUT2D eigenvalue weighted by molar-refractivity contribution is -0.139. The van der Waals surface area contributed by atoms with E-state index in [0.29, 0.717) is 36.5 Å². The molecule has 0 radical (unpaired) electrons. The summed E-state index contributed by atoms with van der Waals surface area (Å²) < 4.78 is 11.8. The normalized spacial score (nSPS) is 12.2. The van der Waals surface area contributed by atoms with Crippen LogP contribution in [0.25, 0.3) is 11.2 Å². The highest BCUT2D eigenvalue weighted by molar-refractivity contribution is 5.97. The highest BCUT2D eigenvalue weighted by Crippen LogP contribution is 2.18. The Kier molecular flexibility index (Phi) is 13.1. The van der Waals surface area contributed by atoms with E-state index in [9.17, 15) is 29.1 Å². The van der Waals surface area contributed by atoms with E-state index in [-0.39, 0.29) is 60.4 Å². The molecule has 2 aromatic heterocycles. The van der Waals surface area contributed by atoms with E-state index in [1.54, 1.807) is 36.4 Å². The predicted molar refractivity (Wildman–Crippen MR) is 193 cm³/mol. The molecule has 16 heteroatoms. The van der Waals surface area contributed by atoms with E-state index in [1.165, 1.54) is 18.3 Å². The number of aromatic nitrogens is 4. The van der Waals surface area contributed by atoms with Crippen LogP contribution in [0.15, 0.2) is 65.6 Å². The van der Waals surface area contributed by atoms with Crippen molar-refractivity contribution in [1.29, 1.82) is 0 Å². The number of nitrogens with zero attached hydrogens (tertiary/aromatic N) is 3. The van der Waals surface area contributed by atoms with Crippen LogP contribution in [0.5, 0.6) is 0 Å². The molecule has 2 amide bonds. The molecule has 2 aromatic carbocycles. The quantitative estimate of drug-likeness (QED) is 0.0819. The van der Waals surface area contributed by atoms with E-state index >= 15 is 0 Å². The molecule has 7 N–H and O–H groups in total. The summed E-state index contributed by atoms with van der Waals surface area (Å²) in [6, 6.07) is 13.9. The number of rotatable bonds is 19. The number of carbonyl (C=O) groups excluding carboxylic acids is 3. The second kappa shape index (κ2) is 17.5. The number of ketones is 1. The summed E-state index contributed by atoms with van der Waals surface area (Å²) in [5.41, 5.74) is 5.74. The average Bonchev–Trinajstić information content (AvgIpc) is 3.11. The fourth-order valence-electron chi connectivity index (χ4n) is 4.82. The third kappa shape index (κ3) is 11.9. The Labute approximate surface area is 299 Å². The number of fused-ring (bicyclic) bond motifs is 1. The number of anilines is 2. The van der Waals surface area contributed by atoms with Crippen molar-refractivity contribution in [3.8, 4) is 0 Å². The van der Waals surface area contributed by atoms with Crippen molar-refractivity contribution >= 4 is 46.4 Å². The van der Waals surface area contributed by atoms with Crippen LogP contribution >= 0.6 is 0 Å². The number of aliphatic carboxylic acids is 1. The summed E-state index contributed by atoms with van der Waals surface area (Å²) in [6.07, 6.45) is 1.69. The molecule has 1 atom stereocenters. The molecule has 2 heterocycles. The van der Waals surface area contributed by atoms with Gasteiger partial charge in [0.05, 0.1) is 36.2 Å². The molecule has 0 aliphatic heterocycles. The van der Waals surface area contributed by atoms with Gasteiger partial charge in [0, 0.05) is 29.8 Å². The lowest BCUT2D eigenvalue weighted by Gasteiger charge is -2.30. The van der Waals surface area contributed by atoms with Gasteiger partial charge in [0.25, 0.3) is 17.4 Å². The molecule has 4 aromatic rings. The van der Waals surface area contributed by atoms with E-state index in [0.717, 1.165) is 0 Å². The van der Waals surface area contributed by atoms with Gasteiger partial charge in [0.2, 0.25) is 5.95 Å². The number of benzene rings is 2. The zero-order chi connectivity index (χ0) is 37.9. The smallest absolute Gasteiger partial charge is 0.326 e. The molecule has 1 unspecified atom stereocenters. The Morgan fingerprint density at radius 1 is 0.923 bits per heavy atom. The van der Waals surface area contributed by atoms with Crippen LogP contribution in [0, 0.1) is 0 Å². The molecule has 0 spiro atoms. The number of nitrogens with one attached hydrogen (secondary N) is 4. The van der Waals surface area contributed by atoms with E-state index < -0.39 is 34.7 Å². The van der Waals surface area contributed by atoms with Gasteiger partial charge in [-0.05, 0) is 76.9 Å². The van der Waals surface area contributed by atoms with Crippen LogP contribution in [0.3, 0.4) is 0 Å². The number of carboxylic acids is 1. The van der Waals surface area contributed by atoms with Crippen LogP contribution in [-0.4, -0.2) is 85.6 Å². The standard InChI is InChI=1S/C36H44N8O8/c1-35(2,16-17-51-36(3,4)21-40-30(46)22-8-6-5-7-9-22)52-20-26(45)14-15-27(33(49)50)42-31(47)23-10-12-24(13-11-23)38-18-25-19-39-29-28(41-25)32(48)44-34(37)43-29/h5-13,19,27,38H,14-18,20-21H2,1-4H3,(H,40,46)(H,42,47)(H,49,50)(H3,37,39,43,44,48). The summed E-state index contributed by atoms with van der Waals surface area (Å²) in [4.78, 5) is 76.5. The number of carboxylic acid groups (broad SMARTS) is 1. The molecular weight excluding hydrogens is 672 g/mol. The topological polar surface area (TPSA) is 241 Å². The minimum absolute atomic E-state index is 0.0527. The molecule has 4 rings (SSSR count). The van der Waals surface area contributed by atoms with Crippen molar-refractivity contribution in [1.82, 2.24) is 30.6 Å². The molecule has 0 bridgehead atoms. The van der Waals surface area contributed by atoms with Crippen molar-refractivity contribution in [2.75, 3.05) is 30.8 Å². The van der Waals surface area contributed by atoms with Crippen LogP contribution < -0.4 is 27.2 Å². The van der Waals surface area contributed by atoms with Crippen LogP contribution in [-0.2, 0) is 25.6 Å². The van der Waals surface area contributed by atoms with Gasteiger partial charge in [-0.3, -0.25) is 24.2 Å². The maximum absolute atomic E-state index is 12.8. The SMILES string of the molecule is CC(C)(CCOC(C)(C)CNC(=O)c1ccccc1)OCC(=O)CCC(NC(=O)c1ccc(NCc2cnc3nc(N)[nH]c(=O)c3n2)cc1)C(=O)O. The van der Waals surface area contributed by atoms with Crippen molar-refractivity contribution in [2.24, 2.45) is 0 Å². The second-order valence-corrected chi connectivity index (χ2v) is 13.3. The number of ether oxygens (including phenoxy) is 2. The van der Waals surface area contributed by atoms with Crippen molar-refractivity contribution in [2.45, 2.75) is 70.7 Å². The summed E-state index contributed by atoms with van der Waals surface area (Å²) in [6.45, 7) is 7.98. The average molecular weight is 717 g/mol. The monoisotopic (exact) mass is 716 g/mol. The Morgan fingerprint density at radius 2 is 1.62 bits per heavy atom. The zero-order valence-corrected chi connectivity index (χ0v) is 29.5. The molecule has 0 aliphatic rings. The first-order valence-corrected chi connectivity index (χ1v) is 16.6. The number of nitrogens with two attached hydrogens (primary N) is 1. The number of Topliss-reactive ketones (excluding diaryl/α,β-unsaturated/α-hetero) is 1. The number of nitrogen functional groups attached to an aromatic ring is 1. The number of hydrogen-bond donors (Lipinski definition) is 6. The Bertz CT molecular complexity index is 1930. The molecule has 0 aliphatic carbocycles. The minimum Gasteiger partial charge on any atom is -0.480 e. The molecule has 0 fully saturated rings. The summed E-state index contributed by atoms with van der Waals surface area (Å²) in [5, 5.41) is 18.2. The van der Waals surface area contributed by atoms with Gasteiger partial charge in [-0.1, -0.05) is 18.2 Å². The number of hydrogen-bond acceptors (Lipinski definition) is 12. The highest BCUT2D eigenvalue weighted by atomic mass is 16.5. The number of carbonyl (C=O) groups is 4. The van der Waals surface area contributed by atoms with Gasteiger partial charge in [0.1, 0.15) is 12.6 Å². The largest absolute Gasteiger partial charge is 0.480 e. The fourth-order valence-corrected chi connectivity index (χ4v) is 4.82.